The van der Waals surface area contributed by atoms with Crippen LogP contribution in [0.25, 0.3) is 0 Å². The molecule has 0 aliphatic carbocycles. The Labute approximate surface area is 101 Å². The SMILES string of the molecule is CCCC[C@H](O)[C@H](N)c1cccc(F)c1OC. The predicted octanol–water partition coefficient (Wildman–Crippen LogP) is 2.39. The third-order valence-corrected chi connectivity index (χ3v) is 2.83. The molecule has 0 radical (unpaired) electrons. The summed E-state index contributed by atoms with van der Waals surface area (Å²) in [6, 6.07) is 3.95. The molecule has 0 spiro atoms. The summed E-state index contributed by atoms with van der Waals surface area (Å²) in [6.07, 6.45) is 1.82. The van der Waals surface area contributed by atoms with E-state index >= 15 is 0 Å². The molecular weight excluding hydrogens is 221 g/mol. The lowest BCUT2D eigenvalue weighted by atomic mass is 9.97. The van der Waals surface area contributed by atoms with Crippen molar-refractivity contribution in [2.45, 2.75) is 38.3 Å². The van der Waals surface area contributed by atoms with E-state index in [-0.39, 0.29) is 5.75 Å². The number of halogens is 1. The smallest absolute Gasteiger partial charge is 0.165 e. The maximum atomic E-state index is 13.5. The molecule has 0 saturated carbocycles. The monoisotopic (exact) mass is 241 g/mol. The molecule has 3 N–H and O–H groups in total. The Kier molecular flexibility index (Phi) is 5.38. The van der Waals surface area contributed by atoms with Crippen LogP contribution in [0.5, 0.6) is 5.75 Å². The van der Waals surface area contributed by atoms with Crippen LogP contribution in [-0.4, -0.2) is 18.3 Å². The largest absolute Gasteiger partial charge is 0.493 e. The van der Waals surface area contributed by atoms with Gasteiger partial charge >= 0.3 is 0 Å². The van der Waals surface area contributed by atoms with Crippen LogP contribution in [0.3, 0.4) is 0 Å². The van der Waals surface area contributed by atoms with Crippen LogP contribution < -0.4 is 10.5 Å². The number of hydrogen-bond acceptors (Lipinski definition) is 3. The zero-order chi connectivity index (χ0) is 12.8. The molecule has 0 aliphatic heterocycles. The number of rotatable bonds is 6. The van der Waals surface area contributed by atoms with Gasteiger partial charge in [-0.2, -0.15) is 0 Å². The van der Waals surface area contributed by atoms with Crippen molar-refractivity contribution in [1.29, 1.82) is 0 Å². The third kappa shape index (κ3) is 3.41. The highest BCUT2D eigenvalue weighted by molar-refractivity contribution is 5.37. The van der Waals surface area contributed by atoms with E-state index in [1.165, 1.54) is 13.2 Å². The molecule has 1 aromatic rings. The highest BCUT2D eigenvalue weighted by atomic mass is 19.1. The van der Waals surface area contributed by atoms with E-state index in [1.54, 1.807) is 12.1 Å². The summed E-state index contributed by atoms with van der Waals surface area (Å²) in [7, 11) is 1.40. The van der Waals surface area contributed by atoms with Gasteiger partial charge in [0.1, 0.15) is 0 Å². The van der Waals surface area contributed by atoms with E-state index in [1.807, 2.05) is 6.92 Å². The van der Waals surface area contributed by atoms with Gasteiger partial charge in [0.2, 0.25) is 0 Å². The van der Waals surface area contributed by atoms with Crippen LogP contribution in [0.1, 0.15) is 37.8 Å². The maximum Gasteiger partial charge on any atom is 0.165 e. The number of ether oxygens (including phenoxy) is 1. The number of methoxy groups -OCH3 is 1. The zero-order valence-electron chi connectivity index (χ0n) is 10.3. The summed E-state index contributed by atoms with van der Waals surface area (Å²) in [5.41, 5.74) is 6.44. The Hall–Kier alpha value is -1.13. The second-order valence-corrected chi connectivity index (χ2v) is 4.10. The van der Waals surface area contributed by atoms with Crippen molar-refractivity contribution in [1.82, 2.24) is 0 Å². The first-order chi connectivity index (χ1) is 8.11. The average Bonchev–Trinajstić information content (AvgIpc) is 2.34. The first-order valence-corrected chi connectivity index (χ1v) is 5.87. The van der Waals surface area contributed by atoms with E-state index in [4.69, 9.17) is 10.5 Å². The van der Waals surface area contributed by atoms with E-state index < -0.39 is 18.0 Å². The first-order valence-electron chi connectivity index (χ1n) is 5.87. The Balaban J connectivity index is 2.87. The molecule has 0 amide bonds. The molecule has 96 valence electrons. The van der Waals surface area contributed by atoms with Crippen LogP contribution in [0.4, 0.5) is 4.39 Å². The average molecular weight is 241 g/mol. The molecule has 0 unspecified atom stereocenters. The summed E-state index contributed by atoms with van der Waals surface area (Å²) in [5.74, 6) is -0.335. The number of aliphatic hydroxyl groups excluding tert-OH is 1. The normalized spacial score (nSPS) is 14.4. The number of benzene rings is 1. The van der Waals surface area contributed by atoms with E-state index in [0.717, 1.165) is 12.8 Å². The van der Waals surface area contributed by atoms with E-state index in [0.29, 0.717) is 12.0 Å². The van der Waals surface area contributed by atoms with Crippen LogP contribution in [0.15, 0.2) is 18.2 Å². The van der Waals surface area contributed by atoms with Crippen molar-refractivity contribution in [3.8, 4) is 5.75 Å². The van der Waals surface area contributed by atoms with Gasteiger partial charge in [-0.1, -0.05) is 31.9 Å². The van der Waals surface area contributed by atoms with Crippen LogP contribution in [0, 0.1) is 5.82 Å². The number of aliphatic hydroxyl groups is 1. The van der Waals surface area contributed by atoms with Crippen molar-refractivity contribution in [2.24, 2.45) is 5.73 Å². The molecule has 1 aromatic carbocycles. The molecule has 0 aliphatic rings. The van der Waals surface area contributed by atoms with E-state index in [9.17, 15) is 9.50 Å². The number of unbranched alkanes of at least 4 members (excludes halogenated alkanes) is 1. The molecule has 4 heteroatoms. The molecule has 1 rings (SSSR count). The van der Waals surface area contributed by atoms with Crippen molar-refractivity contribution in [3.63, 3.8) is 0 Å². The molecule has 2 atom stereocenters. The minimum Gasteiger partial charge on any atom is -0.493 e. The van der Waals surface area contributed by atoms with Gasteiger partial charge in [0.25, 0.3) is 0 Å². The fraction of sp³-hybridized carbons (Fsp3) is 0.538. The van der Waals surface area contributed by atoms with Gasteiger partial charge in [-0.05, 0) is 12.5 Å². The van der Waals surface area contributed by atoms with Gasteiger partial charge in [0.05, 0.1) is 19.3 Å². The number of nitrogens with two attached hydrogens (primary N) is 1. The van der Waals surface area contributed by atoms with Gasteiger partial charge in [-0.3, -0.25) is 0 Å². The molecule has 17 heavy (non-hydrogen) atoms. The van der Waals surface area contributed by atoms with Gasteiger partial charge in [0, 0.05) is 5.56 Å². The van der Waals surface area contributed by atoms with Crippen LogP contribution in [0.2, 0.25) is 0 Å². The molecular formula is C13H20FNO2. The Morgan fingerprint density at radius 1 is 1.47 bits per heavy atom. The van der Waals surface area contributed by atoms with Crippen molar-refractivity contribution < 1.29 is 14.2 Å². The van der Waals surface area contributed by atoms with Crippen molar-refractivity contribution in [3.05, 3.63) is 29.6 Å². The fourth-order valence-corrected chi connectivity index (χ4v) is 1.80. The topological polar surface area (TPSA) is 55.5 Å². The minimum absolute atomic E-state index is 0.121. The van der Waals surface area contributed by atoms with Gasteiger partial charge in [-0.15, -0.1) is 0 Å². The van der Waals surface area contributed by atoms with Crippen LogP contribution in [-0.2, 0) is 0 Å². The molecule has 0 saturated heterocycles. The number of hydrogen-bond donors (Lipinski definition) is 2. The number of para-hydroxylation sites is 1. The lowest BCUT2D eigenvalue weighted by molar-refractivity contribution is 0.131. The minimum atomic E-state index is -0.675. The highest BCUT2D eigenvalue weighted by Crippen LogP contribution is 2.29. The molecule has 3 nitrogen and oxygen atoms in total. The third-order valence-electron chi connectivity index (χ3n) is 2.83. The highest BCUT2D eigenvalue weighted by Gasteiger charge is 2.21. The summed E-state index contributed by atoms with van der Waals surface area (Å²) >= 11 is 0. The molecule has 0 fully saturated rings. The van der Waals surface area contributed by atoms with E-state index in [2.05, 4.69) is 0 Å². The van der Waals surface area contributed by atoms with Gasteiger partial charge in [0.15, 0.2) is 11.6 Å². The van der Waals surface area contributed by atoms with Crippen LogP contribution >= 0.6 is 0 Å². The Bertz CT molecular complexity index is 357. The molecule has 0 bridgehead atoms. The standard InChI is InChI=1S/C13H20FNO2/c1-3-4-8-11(16)12(15)9-6-5-7-10(14)13(9)17-2/h5-7,11-12,16H,3-4,8,15H2,1-2H3/t11-,12+/m0/s1. The van der Waals surface area contributed by atoms with Crippen molar-refractivity contribution in [2.75, 3.05) is 7.11 Å². The summed E-state index contributed by atoms with van der Waals surface area (Å²) in [5, 5.41) is 9.91. The second-order valence-electron chi connectivity index (χ2n) is 4.10. The summed E-state index contributed by atoms with van der Waals surface area (Å²) in [4.78, 5) is 0. The lowest BCUT2D eigenvalue weighted by Crippen LogP contribution is -2.26. The van der Waals surface area contributed by atoms with Gasteiger partial charge in [-0.25, -0.2) is 4.39 Å². The fourth-order valence-electron chi connectivity index (χ4n) is 1.80. The zero-order valence-corrected chi connectivity index (χ0v) is 10.3. The predicted molar refractivity (Wildman–Crippen MR) is 65.4 cm³/mol. The second kappa shape index (κ2) is 6.57. The Morgan fingerprint density at radius 2 is 2.18 bits per heavy atom. The molecule has 0 aromatic heterocycles. The quantitative estimate of drug-likeness (QED) is 0.804. The first kappa shape index (κ1) is 13.9. The Morgan fingerprint density at radius 3 is 2.76 bits per heavy atom. The van der Waals surface area contributed by atoms with Gasteiger partial charge < -0.3 is 15.6 Å². The lowest BCUT2D eigenvalue weighted by Gasteiger charge is -2.21. The molecule has 0 heterocycles. The summed E-state index contributed by atoms with van der Waals surface area (Å²) < 4.78 is 18.4. The van der Waals surface area contributed by atoms with Crippen molar-refractivity contribution >= 4 is 0 Å². The summed E-state index contributed by atoms with van der Waals surface area (Å²) in [6.45, 7) is 2.04. The maximum absolute atomic E-state index is 13.5.